The van der Waals surface area contributed by atoms with Crippen LogP contribution in [0.15, 0.2) is 71.5 Å². The summed E-state index contributed by atoms with van der Waals surface area (Å²) in [6.45, 7) is 3.04. The standard InChI is InChI=1S/C28H31N7O5.C2HF3O2/c1-3-39-23-16-18(10-13-22(23)40-15-14-38-2)24(32-19-11-8-17(9-12-19)25(29)30)27-33-28(37)35(34-27)21-7-5-4-6-20(21)26(31)36;3-2(4,5)1(6)7/h4-13,16,24,32H,3,14-15H2,1-2H3,(H3,29,30)(H2,31,36)(H,33,34,37);(H,6,7). The zero-order valence-corrected chi connectivity index (χ0v) is 25.1. The van der Waals surface area contributed by atoms with Gasteiger partial charge in [-0.25, -0.2) is 9.59 Å². The highest BCUT2D eigenvalue weighted by molar-refractivity contribution is 5.96. The maximum absolute atomic E-state index is 13.1. The fraction of sp³-hybridized carbons (Fsp3) is 0.233. The minimum absolute atomic E-state index is 0.0512. The van der Waals surface area contributed by atoms with Crippen LogP contribution in [0.1, 0.15) is 40.3 Å². The Morgan fingerprint density at radius 3 is 2.28 bits per heavy atom. The summed E-state index contributed by atoms with van der Waals surface area (Å²) in [5.74, 6) is -2.16. The number of carbonyl (C=O) groups is 2. The lowest BCUT2D eigenvalue weighted by atomic mass is 10.0. The Bertz CT molecular complexity index is 1760. The van der Waals surface area contributed by atoms with Crippen LogP contribution in [-0.2, 0) is 9.53 Å². The van der Waals surface area contributed by atoms with E-state index in [-0.39, 0.29) is 22.9 Å². The molecule has 0 spiro atoms. The number of nitrogens with one attached hydrogen (secondary N) is 3. The molecule has 1 aromatic heterocycles. The lowest BCUT2D eigenvalue weighted by Crippen LogP contribution is -2.21. The van der Waals surface area contributed by atoms with Gasteiger partial charge in [0.25, 0.3) is 5.91 Å². The fourth-order valence-electron chi connectivity index (χ4n) is 4.05. The van der Waals surface area contributed by atoms with Gasteiger partial charge in [-0.1, -0.05) is 18.2 Å². The van der Waals surface area contributed by atoms with Crippen molar-refractivity contribution in [1.82, 2.24) is 14.8 Å². The molecule has 1 heterocycles. The maximum atomic E-state index is 13.1. The molecular formula is C30H32F3N7O7. The van der Waals surface area contributed by atoms with Crippen molar-refractivity contribution in [1.29, 1.82) is 5.41 Å². The van der Waals surface area contributed by atoms with Crippen LogP contribution in [0.3, 0.4) is 0 Å². The third kappa shape index (κ3) is 9.57. The minimum Gasteiger partial charge on any atom is -0.490 e. The van der Waals surface area contributed by atoms with Crippen molar-refractivity contribution in [2.24, 2.45) is 11.5 Å². The second-order valence-corrected chi connectivity index (χ2v) is 9.46. The highest BCUT2D eigenvalue weighted by atomic mass is 19.4. The molecule has 1 unspecified atom stereocenters. The van der Waals surface area contributed by atoms with Crippen molar-refractivity contribution in [2.75, 3.05) is 32.2 Å². The molecule has 4 aromatic rings. The maximum Gasteiger partial charge on any atom is 0.490 e. The van der Waals surface area contributed by atoms with E-state index in [0.717, 1.165) is 4.68 Å². The summed E-state index contributed by atoms with van der Waals surface area (Å²) in [5.41, 5.74) is 13.0. The molecule has 8 N–H and O–H groups in total. The van der Waals surface area contributed by atoms with E-state index >= 15 is 0 Å². The van der Waals surface area contributed by atoms with E-state index in [9.17, 15) is 22.8 Å². The van der Waals surface area contributed by atoms with Gasteiger partial charge in [0.1, 0.15) is 18.5 Å². The van der Waals surface area contributed by atoms with Gasteiger partial charge in [-0.05, 0) is 61.0 Å². The molecule has 4 rings (SSSR count). The number of methoxy groups -OCH3 is 1. The Morgan fingerprint density at radius 1 is 1.04 bits per heavy atom. The predicted octanol–water partition coefficient (Wildman–Crippen LogP) is 3.20. The second kappa shape index (κ2) is 15.9. The van der Waals surface area contributed by atoms with Gasteiger partial charge in [0.15, 0.2) is 17.3 Å². The van der Waals surface area contributed by atoms with Crippen molar-refractivity contribution in [3.05, 3.63) is 99.7 Å². The molecule has 1 amide bonds. The van der Waals surface area contributed by atoms with E-state index in [1.165, 1.54) is 6.07 Å². The van der Waals surface area contributed by atoms with Gasteiger partial charge in [0.05, 0.1) is 24.5 Å². The summed E-state index contributed by atoms with van der Waals surface area (Å²) in [4.78, 5) is 36.8. The molecule has 0 aliphatic heterocycles. The van der Waals surface area contributed by atoms with E-state index in [1.54, 1.807) is 55.6 Å². The number of hydrogen-bond donors (Lipinski definition) is 6. The number of aromatic amines is 1. The van der Waals surface area contributed by atoms with Crippen molar-refractivity contribution >= 4 is 23.4 Å². The number of amides is 1. The lowest BCUT2D eigenvalue weighted by molar-refractivity contribution is -0.192. The monoisotopic (exact) mass is 659 g/mol. The smallest absolute Gasteiger partial charge is 0.490 e. The number of hydrogen-bond acceptors (Lipinski definition) is 9. The number of nitrogen functional groups attached to an aromatic ring is 1. The number of primary amides is 1. The third-order valence-electron chi connectivity index (χ3n) is 6.20. The van der Waals surface area contributed by atoms with E-state index < -0.39 is 29.8 Å². The number of halogens is 3. The number of H-pyrrole nitrogens is 1. The largest absolute Gasteiger partial charge is 0.490 e. The van der Waals surface area contributed by atoms with Gasteiger partial charge in [-0.2, -0.15) is 17.9 Å². The summed E-state index contributed by atoms with van der Waals surface area (Å²) in [7, 11) is 1.59. The van der Waals surface area contributed by atoms with Crippen LogP contribution >= 0.6 is 0 Å². The molecule has 0 saturated heterocycles. The molecule has 47 heavy (non-hydrogen) atoms. The van der Waals surface area contributed by atoms with Crippen molar-refractivity contribution in [3.8, 4) is 17.2 Å². The van der Waals surface area contributed by atoms with Crippen LogP contribution in [0.4, 0.5) is 18.9 Å². The lowest BCUT2D eigenvalue weighted by Gasteiger charge is -2.20. The summed E-state index contributed by atoms with van der Waals surface area (Å²) >= 11 is 0. The summed E-state index contributed by atoms with van der Waals surface area (Å²) < 4.78 is 49.6. The number of rotatable bonds is 13. The fourth-order valence-corrected chi connectivity index (χ4v) is 4.05. The van der Waals surface area contributed by atoms with E-state index in [0.29, 0.717) is 48.1 Å². The number of carboxylic acids is 1. The van der Waals surface area contributed by atoms with Crippen molar-refractivity contribution in [2.45, 2.75) is 19.1 Å². The Labute approximate surface area is 265 Å². The van der Waals surface area contributed by atoms with Gasteiger partial charge in [-0.15, -0.1) is 5.10 Å². The molecule has 14 nitrogen and oxygen atoms in total. The first-order chi connectivity index (χ1) is 22.3. The minimum atomic E-state index is -5.08. The van der Waals surface area contributed by atoms with Gasteiger partial charge < -0.3 is 36.1 Å². The molecule has 0 saturated carbocycles. The first kappa shape index (κ1) is 35.6. The second-order valence-electron chi connectivity index (χ2n) is 9.46. The highest BCUT2D eigenvalue weighted by Gasteiger charge is 2.38. The Hall–Kier alpha value is -5.84. The zero-order chi connectivity index (χ0) is 34.7. The number of amidine groups is 1. The molecule has 3 aromatic carbocycles. The Balaban J connectivity index is 0.000000771. The first-order valence-electron chi connectivity index (χ1n) is 13.7. The number of ether oxygens (including phenoxy) is 3. The zero-order valence-electron chi connectivity index (χ0n) is 25.1. The average molecular weight is 660 g/mol. The van der Waals surface area contributed by atoms with Crippen LogP contribution in [0.2, 0.25) is 0 Å². The van der Waals surface area contributed by atoms with E-state index in [2.05, 4.69) is 15.4 Å². The molecule has 0 aliphatic rings. The first-order valence-corrected chi connectivity index (χ1v) is 13.7. The normalized spacial score (nSPS) is 11.5. The topological polar surface area (TPSA) is 221 Å². The number of para-hydroxylation sites is 1. The van der Waals surface area contributed by atoms with Crippen LogP contribution < -0.4 is 31.9 Å². The molecule has 1 atom stereocenters. The molecule has 0 aliphatic carbocycles. The van der Waals surface area contributed by atoms with Crippen LogP contribution in [0.25, 0.3) is 5.69 Å². The van der Waals surface area contributed by atoms with Crippen LogP contribution in [0, 0.1) is 5.41 Å². The van der Waals surface area contributed by atoms with E-state index in [1.807, 2.05) is 19.1 Å². The van der Waals surface area contributed by atoms with Gasteiger partial charge in [0, 0.05) is 18.4 Å². The van der Waals surface area contributed by atoms with Crippen LogP contribution in [-0.4, -0.2) is 70.7 Å². The van der Waals surface area contributed by atoms with Crippen molar-refractivity contribution in [3.63, 3.8) is 0 Å². The Kier molecular flexibility index (Phi) is 12.1. The molecule has 0 radical (unpaired) electrons. The summed E-state index contributed by atoms with van der Waals surface area (Å²) in [5, 5.41) is 22.7. The van der Waals surface area contributed by atoms with Crippen LogP contribution in [0.5, 0.6) is 11.5 Å². The number of aromatic nitrogens is 3. The van der Waals surface area contributed by atoms with Gasteiger partial charge in [-0.3, -0.25) is 15.2 Å². The number of anilines is 1. The van der Waals surface area contributed by atoms with Crippen molar-refractivity contribution < 1.29 is 42.1 Å². The Morgan fingerprint density at radius 2 is 1.70 bits per heavy atom. The summed E-state index contributed by atoms with van der Waals surface area (Å²) in [6.07, 6.45) is -5.08. The number of nitrogens with zero attached hydrogens (tertiary/aromatic N) is 2. The predicted molar refractivity (Wildman–Crippen MR) is 164 cm³/mol. The number of carbonyl (C=O) groups excluding carboxylic acids is 1. The van der Waals surface area contributed by atoms with Gasteiger partial charge >= 0.3 is 17.8 Å². The van der Waals surface area contributed by atoms with E-state index in [4.69, 9.17) is 41.0 Å². The highest BCUT2D eigenvalue weighted by Crippen LogP contribution is 2.34. The molecule has 0 bridgehead atoms. The number of alkyl halides is 3. The number of nitrogens with two attached hydrogens (primary N) is 2. The molecular weight excluding hydrogens is 627 g/mol. The molecule has 17 heteroatoms. The number of benzene rings is 3. The van der Waals surface area contributed by atoms with Gasteiger partial charge in [0.2, 0.25) is 0 Å². The molecule has 250 valence electrons. The molecule has 0 fully saturated rings. The SMILES string of the molecule is CCOc1cc(C(Nc2ccc(C(=N)N)cc2)c2nn(-c3ccccc3C(N)=O)c(=O)[nH]2)ccc1OCCOC.O=C(O)C(F)(F)F. The quantitative estimate of drug-likeness (QED) is 0.0699. The number of aliphatic carboxylic acids is 1. The average Bonchev–Trinajstić information content (AvgIpc) is 3.41. The number of carboxylic acid groups (broad SMARTS) is 1. The summed E-state index contributed by atoms with van der Waals surface area (Å²) in [6, 6.07) is 18.2. The third-order valence-corrected chi connectivity index (χ3v) is 6.20.